The van der Waals surface area contributed by atoms with Gasteiger partial charge in [-0.15, -0.1) is 20.5 Å². The van der Waals surface area contributed by atoms with Gasteiger partial charge in [0.15, 0.2) is 0 Å². The predicted octanol–water partition coefficient (Wildman–Crippen LogP) is 0.518. The second-order valence-corrected chi connectivity index (χ2v) is 17.7. The number of nitrogen functional groups attached to an aromatic ring is 2. The van der Waals surface area contributed by atoms with Gasteiger partial charge in [0.2, 0.25) is 0 Å². The van der Waals surface area contributed by atoms with Crippen LogP contribution >= 0.6 is 23.2 Å². The molecule has 0 fully saturated rings. The van der Waals surface area contributed by atoms with Crippen molar-refractivity contribution < 1.29 is 133 Å². The van der Waals surface area contributed by atoms with Crippen LogP contribution in [0.4, 0.5) is 45.5 Å². The Balaban J connectivity index is 0.00000299. The van der Waals surface area contributed by atoms with E-state index in [0.29, 0.717) is 34.3 Å². The first-order valence-corrected chi connectivity index (χ1v) is 21.9. The molecule has 18 nitrogen and oxygen atoms in total. The molecular weight excluding hydrogens is 965 g/mol. The summed E-state index contributed by atoms with van der Waals surface area (Å²) < 4.78 is 108. The summed E-state index contributed by atoms with van der Waals surface area (Å²) in [5.74, 6) is -1.22. The van der Waals surface area contributed by atoms with E-state index in [9.17, 15) is 44.0 Å². The molecule has 26 heteroatoms. The van der Waals surface area contributed by atoms with Crippen molar-refractivity contribution in [2.24, 2.45) is 30.7 Å². The number of azo groups is 3. The van der Waals surface area contributed by atoms with Crippen LogP contribution in [0.2, 0.25) is 10.0 Å². The van der Waals surface area contributed by atoms with Gasteiger partial charge in [0.05, 0.1) is 43.3 Å². The van der Waals surface area contributed by atoms with E-state index in [2.05, 4.69) is 30.7 Å². The third-order valence-corrected chi connectivity index (χ3v) is 12.1. The largest absolute Gasteiger partial charge is 1.00 e. The van der Waals surface area contributed by atoms with E-state index in [1.807, 2.05) is 0 Å². The van der Waals surface area contributed by atoms with Gasteiger partial charge < -0.3 is 25.7 Å². The number of nitrogens with two attached hydrogens (primary N) is 2. The summed E-state index contributed by atoms with van der Waals surface area (Å²) in [7, 11) is -15.4. The van der Waals surface area contributed by atoms with E-state index in [4.69, 9.17) is 34.7 Å². The fourth-order valence-electron chi connectivity index (χ4n) is 6.05. The molecule has 64 heavy (non-hydrogen) atoms. The average molecular weight is 988 g/mol. The van der Waals surface area contributed by atoms with Crippen molar-refractivity contribution in [1.29, 1.82) is 0 Å². The van der Waals surface area contributed by atoms with E-state index in [1.54, 1.807) is 54.6 Å². The molecule has 310 valence electrons. The molecule has 0 amide bonds. The summed E-state index contributed by atoms with van der Waals surface area (Å²) in [6.07, 6.45) is 0. The monoisotopic (exact) mass is 986 g/mol. The maximum atomic E-state index is 13.8. The second-order valence-electron chi connectivity index (χ2n) is 12.8. The molecule has 0 saturated carbocycles. The zero-order valence-corrected chi connectivity index (χ0v) is 43.3. The first-order valence-electron chi connectivity index (χ1n) is 16.9. The molecule has 0 heterocycles. The Morgan fingerprint density at radius 2 is 1.03 bits per heavy atom. The minimum absolute atomic E-state index is 0. The van der Waals surface area contributed by atoms with Gasteiger partial charge in [-0.2, -0.15) is 18.6 Å². The van der Waals surface area contributed by atoms with Crippen molar-refractivity contribution in [2.45, 2.75) is 14.7 Å². The van der Waals surface area contributed by atoms with Gasteiger partial charge >= 0.3 is 88.7 Å². The zero-order chi connectivity index (χ0) is 44.0. The molecule has 5 N–H and O–H groups in total. The molecule has 0 atom stereocenters. The average Bonchev–Trinajstić information content (AvgIpc) is 3.20. The molecule has 0 saturated heterocycles. The van der Waals surface area contributed by atoms with Crippen LogP contribution in [0.5, 0.6) is 5.75 Å². The predicted molar refractivity (Wildman–Crippen MR) is 223 cm³/mol. The smallest absolute Gasteiger partial charge is 0.870 e. The summed E-state index contributed by atoms with van der Waals surface area (Å²) in [6, 6.07) is 25.6. The maximum Gasteiger partial charge on any atom is 1.00 e. The van der Waals surface area contributed by atoms with Gasteiger partial charge in [0.1, 0.15) is 42.2 Å². The molecule has 7 aromatic carbocycles. The normalized spacial score (nSPS) is 12.1. The molecular formula is C38H23Cl2N8Na3O10S3. The second kappa shape index (κ2) is 21.0. The van der Waals surface area contributed by atoms with Crippen LogP contribution in [0.25, 0.3) is 32.7 Å². The van der Waals surface area contributed by atoms with Crippen LogP contribution in [0.15, 0.2) is 155 Å². The fraction of sp³-hybridized carbons (Fsp3) is 0. The Morgan fingerprint density at radius 1 is 0.531 bits per heavy atom. The van der Waals surface area contributed by atoms with Gasteiger partial charge in [-0.25, -0.2) is 16.8 Å². The first-order chi connectivity index (χ1) is 28.7. The Kier molecular flexibility index (Phi) is 17.5. The molecule has 0 aromatic heterocycles. The Hall–Kier alpha value is -3.43. The fourth-order valence-corrected chi connectivity index (χ4v) is 8.39. The topological polar surface area (TPSA) is 318 Å². The number of rotatable bonds is 10. The Bertz CT molecular complexity index is 3410. The van der Waals surface area contributed by atoms with Crippen molar-refractivity contribution in [2.75, 3.05) is 11.5 Å². The van der Waals surface area contributed by atoms with Gasteiger partial charge in [0.25, 0.3) is 10.1 Å². The van der Waals surface area contributed by atoms with Gasteiger partial charge in [-0.1, -0.05) is 77.5 Å². The third-order valence-electron chi connectivity index (χ3n) is 8.91. The molecule has 0 bridgehead atoms. The number of nitrogens with zero attached hydrogens (tertiary/aromatic N) is 6. The van der Waals surface area contributed by atoms with E-state index >= 15 is 0 Å². The molecule has 7 aromatic rings. The van der Waals surface area contributed by atoms with E-state index in [-0.39, 0.29) is 127 Å². The van der Waals surface area contributed by atoms with Gasteiger partial charge in [-0.05, 0) is 77.2 Å². The molecule has 0 unspecified atom stereocenters. The van der Waals surface area contributed by atoms with Gasteiger partial charge in [-0.3, -0.25) is 4.55 Å². The summed E-state index contributed by atoms with van der Waals surface area (Å²) in [5, 5.41) is 37.2. The molecule has 7 rings (SSSR count). The summed E-state index contributed by atoms with van der Waals surface area (Å²) >= 11 is 12.1. The number of halogens is 2. The van der Waals surface area contributed by atoms with E-state index in [0.717, 1.165) is 6.07 Å². The molecule has 0 aliphatic carbocycles. The van der Waals surface area contributed by atoms with Crippen molar-refractivity contribution in [3.8, 4) is 16.9 Å². The van der Waals surface area contributed by atoms with Crippen molar-refractivity contribution in [3.63, 3.8) is 0 Å². The van der Waals surface area contributed by atoms with Gasteiger partial charge in [0, 0.05) is 21.2 Å². The molecule has 0 aliphatic heterocycles. The number of benzene rings is 7. The molecule has 0 spiro atoms. The summed E-state index contributed by atoms with van der Waals surface area (Å²) in [4.78, 5) is -2.60. The van der Waals surface area contributed by atoms with Crippen molar-refractivity contribution in [3.05, 3.63) is 119 Å². The first kappa shape index (κ1) is 53.2. The molecule has 0 aliphatic rings. The number of fused-ring (bicyclic) bond motifs is 2. The Labute approximate surface area is 441 Å². The van der Waals surface area contributed by atoms with Crippen molar-refractivity contribution in [1.82, 2.24) is 0 Å². The number of anilines is 2. The summed E-state index contributed by atoms with van der Waals surface area (Å²) in [6.45, 7) is 0. The van der Waals surface area contributed by atoms with Crippen LogP contribution in [0.1, 0.15) is 0 Å². The summed E-state index contributed by atoms with van der Waals surface area (Å²) in [5.41, 5.74) is 12.0. The number of hydrogen-bond acceptors (Lipinski definition) is 17. The minimum Gasteiger partial charge on any atom is -0.870 e. The zero-order valence-electron chi connectivity index (χ0n) is 33.3. The standard InChI is InChI=1S/C38H26Cl2N8O10S3.3Na/c39-22-9-14-27(40)28(17-22)45-47-36-31(60(53,54)55)15-21-16-32(61(56,57)58)37(38(49)33(21)35(36)42)48-44-24-12-7-20(8-13-24)19-5-10-23(11-6-19)43-46-29-18-30(59(50,51)52)25-3-1-2-4-26(25)34(29)41;;;/h1-18,49H,41-42H2,(H,50,51,52)(H,53,54,55)(H,56,57,58);;;/q;3*+1/p-3. The van der Waals surface area contributed by atoms with Crippen LogP contribution in [0.3, 0.4) is 0 Å². The SMILES string of the molecule is Nc1c(N=Nc2ccc(-c3ccc(N=Nc4c(S(=O)(=O)O)cc5cc(S(=O)(=O)[O-])c(N=Nc6cc(Cl)ccc6Cl)c(N)c5c4[O-])cc3)cc2)cc(S(=O)(=O)[O-])c2ccccc12.[Na+].[Na+].[Na+]. The van der Waals surface area contributed by atoms with E-state index < -0.39 is 78.6 Å². The van der Waals surface area contributed by atoms with E-state index in [1.165, 1.54) is 36.4 Å². The van der Waals surface area contributed by atoms with Crippen LogP contribution in [-0.2, 0) is 30.4 Å². The van der Waals surface area contributed by atoms with Crippen LogP contribution in [0, 0.1) is 0 Å². The van der Waals surface area contributed by atoms with Crippen LogP contribution in [-0.4, -0.2) is 38.9 Å². The maximum absolute atomic E-state index is 13.8. The third kappa shape index (κ3) is 11.6. The minimum atomic E-state index is -5.38. The number of hydrogen-bond donors (Lipinski definition) is 3. The van der Waals surface area contributed by atoms with Crippen LogP contribution < -0.4 is 105 Å². The molecule has 0 radical (unpaired) electrons. The quantitative estimate of drug-likeness (QED) is 0.0731. The van der Waals surface area contributed by atoms with Crippen molar-refractivity contribution >= 4 is 121 Å². The Morgan fingerprint density at radius 3 is 1.58 bits per heavy atom.